The van der Waals surface area contributed by atoms with Crippen molar-refractivity contribution in [2.75, 3.05) is 13.1 Å². The van der Waals surface area contributed by atoms with E-state index in [1.807, 2.05) is 4.90 Å². The maximum atomic E-state index is 12.3. The fourth-order valence-electron chi connectivity index (χ4n) is 4.74. The summed E-state index contributed by atoms with van der Waals surface area (Å²) in [5.74, 6) is 3.61. The van der Waals surface area contributed by atoms with Crippen LogP contribution in [0.15, 0.2) is 0 Å². The highest BCUT2D eigenvalue weighted by atomic mass is 16.2. The van der Waals surface area contributed by atoms with Crippen molar-refractivity contribution in [1.82, 2.24) is 4.90 Å². The predicted molar refractivity (Wildman–Crippen MR) is 69.8 cm³/mol. The van der Waals surface area contributed by atoms with E-state index in [1.54, 1.807) is 0 Å². The molecule has 3 atom stereocenters. The zero-order chi connectivity index (χ0) is 12.3. The van der Waals surface area contributed by atoms with Crippen molar-refractivity contribution >= 4 is 5.91 Å². The lowest BCUT2D eigenvalue weighted by Crippen LogP contribution is -2.70. The number of carbonyl (C=O) groups is 1. The second-order valence-electron chi connectivity index (χ2n) is 7.40. The van der Waals surface area contributed by atoms with Gasteiger partial charge in [0.2, 0.25) is 5.91 Å². The third-order valence-corrected chi connectivity index (χ3v) is 6.03. The van der Waals surface area contributed by atoms with Gasteiger partial charge in [-0.15, -0.1) is 0 Å². The summed E-state index contributed by atoms with van der Waals surface area (Å²) in [6.45, 7) is 1.66. The summed E-state index contributed by atoms with van der Waals surface area (Å²) >= 11 is 0. The van der Waals surface area contributed by atoms with Gasteiger partial charge < -0.3 is 10.6 Å². The monoisotopic (exact) mass is 248 g/mol. The van der Waals surface area contributed by atoms with Crippen molar-refractivity contribution in [3.8, 4) is 0 Å². The number of nitrogens with two attached hydrogens (primary N) is 1. The molecule has 0 aromatic carbocycles. The lowest BCUT2D eigenvalue weighted by molar-refractivity contribution is -0.140. The SMILES string of the molecule is NC1(C2CC2)CN(C(=O)CC2CC3CCC2C3)C1. The lowest BCUT2D eigenvalue weighted by Gasteiger charge is -2.48. The van der Waals surface area contributed by atoms with E-state index in [4.69, 9.17) is 5.73 Å². The molecule has 3 nitrogen and oxygen atoms in total. The molecule has 3 saturated carbocycles. The van der Waals surface area contributed by atoms with Crippen LogP contribution in [0.3, 0.4) is 0 Å². The molecule has 2 bridgehead atoms. The molecule has 1 saturated heterocycles. The van der Waals surface area contributed by atoms with Gasteiger partial charge in [0.1, 0.15) is 0 Å². The Hall–Kier alpha value is -0.570. The van der Waals surface area contributed by atoms with E-state index < -0.39 is 0 Å². The van der Waals surface area contributed by atoms with Crippen molar-refractivity contribution in [3.05, 3.63) is 0 Å². The van der Waals surface area contributed by atoms with E-state index in [-0.39, 0.29) is 5.54 Å². The number of carbonyl (C=O) groups excluding carboxylic acids is 1. The molecule has 0 aromatic heterocycles. The molecule has 0 aromatic rings. The summed E-state index contributed by atoms with van der Waals surface area (Å²) in [5.41, 5.74) is 6.30. The van der Waals surface area contributed by atoms with Gasteiger partial charge in [-0.25, -0.2) is 0 Å². The van der Waals surface area contributed by atoms with Gasteiger partial charge in [0.15, 0.2) is 0 Å². The van der Waals surface area contributed by atoms with Crippen molar-refractivity contribution in [2.24, 2.45) is 29.4 Å². The van der Waals surface area contributed by atoms with Crippen LogP contribution < -0.4 is 5.73 Å². The summed E-state index contributed by atoms with van der Waals surface area (Å²) < 4.78 is 0. The number of nitrogens with zero attached hydrogens (tertiary/aromatic N) is 1. The highest BCUT2D eigenvalue weighted by molar-refractivity contribution is 5.78. The minimum atomic E-state index is -0.00958. The minimum absolute atomic E-state index is 0.00958. The van der Waals surface area contributed by atoms with Crippen LogP contribution >= 0.6 is 0 Å². The third-order valence-electron chi connectivity index (χ3n) is 6.03. The zero-order valence-corrected chi connectivity index (χ0v) is 11.1. The van der Waals surface area contributed by atoms with Crippen molar-refractivity contribution < 1.29 is 4.79 Å². The highest BCUT2D eigenvalue weighted by Gasteiger charge is 2.52. The van der Waals surface area contributed by atoms with Crippen LogP contribution in [0.2, 0.25) is 0 Å². The summed E-state index contributed by atoms with van der Waals surface area (Å²) in [6.07, 6.45) is 8.90. The molecular formula is C15H24N2O. The minimum Gasteiger partial charge on any atom is -0.339 e. The van der Waals surface area contributed by atoms with E-state index in [1.165, 1.54) is 38.5 Å². The standard InChI is InChI=1S/C15H24N2O/c16-15(13-3-4-13)8-17(9-15)14(18)7-12-6-10-1-2-11(12)5-10/h10-13H,1-9,16H2. The molecule has 3 unspecified atom stereocenters. The van der Waals surface area contributed by atoms with Crippen molar-refractivity contribution in [2.45, 2.75) is 50.5 Å². The molecule has 1 aliphatic heterocycles. The molecule has 1 heterocycles. The Morgan fingerprint density at radius 3 is 2.50 bits per heavy atom. The quantitative estimate of drug-likeness (QED) is 0.827. The van der Waals surface area contributed by atoms with E-state index in [0.29, 0.717) is 17.7 Å². The molecule has 4 aliphatic rings. The Bertz CT molecular complexity index is 371. The van der Waals surface area contributed by atoms with Gasteiger partial charge >= 0.3 is 0 Å². The summed E-state index contributed by atoms with van der Waals surface area (Å²) in [6, 6.07) is 0. The van der Waals surface area contributed by atoms with Gasteiger partial charge in [0, 0.05) is 19.5 Å². The first-order valence-electron chi connectivity index (χ1n) is 7.71. The van der Waals surface area contributed by atoms with Crippen LogP contribution in [-0.4, -0.2) is 29.4 Å². The van der Waals surface area contributed by atoms with Crippen molar-refractivity contribution in [1.29, 1.82) is 0 Å². The maximum absolute atomic E-state index is 12.3. The molecular weight excluding hydrogens is 224 g/mol. The fraction of sp³-hybridized carbons (Fsp3) is 0.933. The average molecular weight is 248 g/mol. The van der Waals surface area contributed by atoms with Gasteiger partial charge in [-0.3, -0.25) is 4.79 Å². The molecule has 1 amide bonds. The summed E-state index contributed by atoms with van der Waals surface area (Å²) in [4.78, 5) is 14.3. The number of likely N-dealkylation sites (tertiary alicyclic amines) is 1. The van der Waals surface area contributed by atoms with E-state index in [2.05, 4.69) is 0 Å². The Morgan fingerprint density at radius 1 is 1.17 bits per heavy atom. The zero-order valence-electron chi connectivity index (χ0n) is 11.1. The molecule has 3 heteroatoms. The van der Waals surface area contributed by atoms with Gasteiger partial charge in [0.05, 0.1) is 5.54 Å². The summed E-state index contributed by atoms with van der Waals surface area (Å²) in [5, 5.41) is 0. The first-order chi connectivity index (χ1) is 8.64. The van der Waals surface area contributed by atoms with Crippen LogP contribution in [-0.2, 0) is 4.79 Å². The first kappa shape index (κ1) is 11.3. The molecule has 0 spiro atoms. The lowest BCUT2D eigenvalue weighted by atomic mass is 9.83. The fourth-order valence-corrected chi connectivity index (χ4v) is 4.74. The highest BCUT2D eigenvalue weighted by Crippen LogP contribution is 2.50. The van der Waals surface area contributed by atoms with Crippen LogP contribution in [0, 0.1) is 23.7 Å². The molecule has 18 heavy (non-hydrogen) atoms. The van der Waals surface area contributed by atoms with E-state index in [0.717, 1.165) is 31.3 Å². The van der Waals surface area contributed by atoms with Gasteiger partial charge in [-0.2, -0.15) is 0 Å². The van der Waals surface area contributed by atoms with Crippen LogP contribution in [0.25, 0.3) is 0 Å². The molecule has 2 N–H and O–H groups in total. The number of amides is 1. The normalized spacial score (nSPS) is 40.9. The van der Waals surface area contributed by atoms with Crippen LogP contribution in [0.1, 0.15) is 44.9 Å². The molecule has 4 rings (SSSR count). The Balaban J connectivity index is 1.30. The number of fused-ring (bicyclic) bond motifs is 2. The molecule has 100 valence electrons. The number of rotatable bonds is 3. The largest absolute Gasteiger partial charge is 0.339 e. The number of hydrogen-bond acceptors (Lipinski definition) is 2. The van der Waals surface area contributed by atoms with Gasteiger partial charge in [-0.05, 0) is 55.8 Å². The smallest absolute Gasteiger partial charge is 0.222 e. The summed E-state index contributed by atoms with van der Waals surface area (Å²) in [7, 11) is 0. The van der Waals surface area contributed by atoms with E-state index >= 15 is 0 Å². The topological polar surface area (TPSA) is 46.3 Å². The predicted octanol–water partition coefficient (Wildman–Crippen LogP) is 1.76. The van der Waals surface area contributed by atoms with Crippen molar-refractivity contribution in [3.63, 3.8) is 0 Å². The van der Waals surface area contributed by atoms with Gasteiger partial charge in [-0.1, -0.05) is 6.42 Å². The average Bonchev–Trinajstić information content (AvgIpc) is 2.97. The third kappa shape index (κ3) is 1.70. The Morgan fingerprint density at radius 2 is 1.94 bits per heavy atom. The first-order valence-corrected chi connectivity index (χ1v) is 7.71. The Labute approximate surface area is 109 Å². The molecule has 3 aliphatic carbocycles. The maximum Gasteiger partial charge on any atom is 0.222 e. The molecule has 0 radical (unpaired) electrons. The van der Waals surface area contributed by atoms with Gasteiger partial charge in [0.25, 0.3) is 0 Å². The number of hydrogen-bond donors (Lipinski definition) is 1. The Kier molecular flexibility index (Phi) is 2.33. The second kappa shape index (κ2) is 3.72. The van der Waals surface area contributed by atoms with E-state index in [9.17, 15) is 4.79 Å². The van der Waals surface area contributed by atoms with Crippen LogP contribution in [0.4, 0.5) is 0 Å². The second-order valence-corrected chi connectivity index (χ2v) is 7.40. The van der Waals surface area contributed by atoms with Crippen LogP contribution in [0.5, 0.6) is 0 Å². The molecule has 4 fully saturated rings.